The molecule has 1 spiro atoms. The topological polar surface area (TPSA) is 58.7 Å². The Bertz CT molecular complexity index is 802. The lowest BCUT2D eigenvalue weighted by Crippen LogP contribution is -2.67. The molecule has 0 aromatic carbocycles. The van der Waals surface area contributed by atoms with E-state index in [0.717, 1.165) is 69.6 Å². The van der Waals surface area contributed by atoms with E-state index >= 15 is 0 Å². The van der Waals surface area contributed by atoms with Crippen LogP contribution in [0.1, 0.15) is 20.8 Å². The summed E-state index contributed by atoms with van der Waals surface area (Å²) in [6, 6.07) is 3.12. The molecule has 0 saturated carbocycles. The predicted octanol–water partition coefficient (Wildman–Crippen LogP) is 0.825. The third-order valence-corrected chi connectivity index (χ3v) is 7.23. The molecular formula is C21H32N6O2. The molecule has 2 atom stereocenters. The summed E-state index contributed by atoms with van der Waals surface area (Å²) in [5.74, 6) is 1.24. The number of ether oxygens (including phenoxy) is 1. The molecule has 5 heterocycles. The summed E-state index contributed by atoms with van der Waals surface area (Å²) in [5, 5.41) is 0. The molecule has 8 heteroatoms. The molecule has 4 aliphatic heterocycles. The van der Waals surface area contributed by atoms with Crippen LogP contribution >= 0.6 is 0 Å². The van der Waals surface area contributed by atoms with Crippen LogP contribution in [0, 0.1) is 0 Å². The Hall–Kier alpha value is -2.06. The first-order chi connectivity index (χ1) is 13.9. The molecule has 1 aromatic rings. The van der Waals surface area contributed by atoms with Crippen molar-refractivity contribution in [3.8, 4) is 0 Å². The van der Waals surface area contributed by atoms with Crippen LogP contribution in [0.25, 0.3) is 0 Å². The molecule has 0 N–H and O–H groups in total. The number of aromatic nitrogens is 1. The van der Waals surface area contributed by atoms with E-state index in [1.165, 1.54) is 0 Å². The average molecular weight is 401 g/mol. The summed E-state index contributed by atoms with van der Waals surface area (Å²) >= 11 is 0. The Balaban J connectivity index is 1.42. The highest BCUT2D eigenvalue weighted by atomic mass is 16.6. The molecule has 1 unspecified atom stereocenters. The third-order valence-electron chi connectivity index (χ3n) is 7.23. The van der Waals surface area contributed by atoms with E-state index < -0.39 is 0 Å². The number of pyridine rings is 1. The highest BCUT2D eigenvalue weighted by molar-refractivity contribution is 5.77. The van der Waals surface area contributed by atoms with Gasteiger partial charge in [0, 0.05) is 65.8 Å². The zero-order valence-electron chi connectivity index (χ0n) is 18.0. The van der Waals surface area contributed by atoms with Gasteiger partial charge in [0.05, 0.1) is 30.2 Å². The highest BCUT2D eigenvalue weighted by Gasteiger charge is 2.62. The van der Waals surface area contributed by atoms with Crippen LogP contribution in [-0.2, 0) is 9.53 Å². The van der Waals surface area contributed by atoms with Crippen LogP contribution in [0.5, 0.6) is 0 Å². The van der Waals surface area contributed by atoms with E-state index in [1.807, 2.05) is 11.1 Å². The number of hydrogen-bond acceptors (Lipinski definition) is 7. The second-order valence-corrected chi connectivity index (χ2v) is 9.02. The van der Waals surface area contributed by atoms with Crippen molar-refractivity contribution in [3.05, 3.63) is 12.3 Å². The van der Waals surface area contributed by atoms with Gasteiger partial charge < -0.3 is 24.3 Å². The van der Waals surface area contributed by atoms with Gasteiger partial charge in [-0.2, -0.15) is 0 Å². The smallest absolute Gasteiger partial charge is 0.219 e. The van der Waals surface area contributed by atoms with Crippen molar-refractivity contribution in [1.82, 2.24) is 14.8 Å². The van der Waals surface area contributed by atoms with Crippen LogP contribution in [0.15, 0.2) is 12.3 Å². The first-order valence-corrected chi connectivity index (χ1v) is 10.8. The lowest BCUT2D eigenvalue weighted by Gasteiger charge is -2.52. The van der Waals surface area contributed by atoms with E-state index in [-0.39, 0.29) is 11.6 Å². The van der Waals surface area contributed by atoms with Gasteiger partial charge >= 0.3 is 0 Å². The van der Waals surface area contributed by atoms with Gasteiger partial charge in [0.1, 0.15) is 0 Å². The van der Waals surface area contributed by atoms with Gasteiger partial charge in [-0.1, -0.05) is 0 Å². The van der Waals surface area contributed by atoms with Crippen molar-refractivity contribution in [2.24, 2.45) is 0 Å². The van der Waals surface area contributed by atoms with Crippen LogP contribution in [0.3, 0.4) is 0 Å². The fourth-order valence-corrected chi connectivity index (χ4v) is 5.16. The first kappa shape index (κ1) is 18.9. The summed E-state index contributed by atoms with van der Waals surface area (Å²) in [5.41, 5.74) is 2.06. The molecule has 0 radical (unpaired) electrons. The van der Waals surface area contributed by atoms with Crippen LogP contribution in [0.4, 0.5) is 17.2 Å². The lowest BCUT2D eigenvalue weighted by atomic mass is 9.97. The summed E-state index contributed by atoms with van der Waals surface area (Å²) in [6.45, 7) is 13.3. The van der Waals surface area contributed by atoms with Gasteiger partial charge in [-0.15, -0.1) is 0 Å². The number of anilines is 3. The number of carbonyl (C=O) groups excluding carboxylic acids is 1. The predicted molar refractivity (Wildman–Crippen MR) is 114 cm³/mol. The molecule has 0 bridgehead atoms. The first-order valence-electron chi connectivity index (χ1n) is 10.8. The second-order valence-electron chi connectivity index (χ2n) is 9.02. The standard InChI is InChI=1S/C21H32N6O2/c1-15(2)26-9-10-27-19(13-26)21(14-29-21)23(4)18-11-17(12-22-20(18)27)25-7-5-24(6-8-25)16(3)28/h11-12,15,19H,5-10,13-14H2,1-4H3/t19-,21?/m1/s1. The number of piperazine rings is 2. The molecule has 29 heavy (non-hydrogen) atoms. The third kappa shape index (κ3) is 2.95. The minimum Gasteiger partial charge on any atom is -0.367 e. The van der Waals surface area contributed by atoms with Gasteiger partial charge in [-0.05, 0) is 19.9 Å². The monoisotopic (exact) mass is 400 g/mol. The fourth-order valence-electron chi connectivity index (χ4n) is 5.16. The Morgan fingerprint density at radius 2 is 1.93 bits per heavy atom. The van der Waals surface area contributed by atoms with E-state index in [9.17, 15) is 4.79 Å². The normalized spacial score (nSPS) is 29.3. The van der Waals surface area contributed by atoms with E-state index in [0.29, 0.717) is 12.1 Å². The SMILES string of the molecule is CC(=O)N1CCN(c2cnc3c(c2)N(C)C2(CO2)[C@H]2CN(C(C)C)CCN32)CC1. The molecular weight excluding hydrogens is 368 g/mol. The quantitative estimate of drug-likeness (QED) is 0.682. The molecule has 5 rings (SSSR count). The summed E-state index contributed by atoms with van der Waals surface area (Å²) in [6.07, 6.45) is 2.01. The maximum atomic E-state index is 11.6. The largest absolute Gasteiger partial charge is 0.367 e. The molecule has 3 saturated heterocycles. The number of likely N-dealkylation sites (N-methyl/N-ethyl adjacent to an activating group) is 1. The molecule has 158 valence electrons. The second kappa shape index (κ2) is 6.74. The molecule has 8 nitrogen and oxygen atoms in total. The number of fused-ring (bicyclic) bond motifs is 4. The number of epoxide rings is 1. The molecule has 3 fully saturated rings. The van der Waals surface area contributed by atoms with Gasteiger partial charge in [0.25, 0.3) is 0 Å². The lowest BCUT2D eigenvalue weighted by molar-refractivity contribution is -0.129. The van der Waals surface area contributed by atoms with Crippen molar-refractivity contribution >= 4 is 23.1 Å². The Labute approximate surface area is 173 Å². The van der Waals surface area contributed by atoms with Crippen molar-refractivity contribution < 1.29 is 9.53 Å². The van der Waals surface area contributed by atoms with Gasteiger partial charge in [0.15, 0.2) is 11.5 Å². The molecule has 0 aliphatic carbocycles. The number of hydrogen-bond donors (Lipinski definition) is 0. The van der Waals surface area contributed by atoms with Crippen molar-refractivity contribution in [2.45, 2.75) is 38.6 Å². The number of amides is 1. The average Bonchev–Trinajstić information content (AvgIpc) is 3.53. The number of rotatable bonds is 2. The zero-order valence-corrected chi connectivity index (χ0v) is 18.0. The highest BCUT2D eigenvalue weighted by Crippen LogP contribution is 2.49. The summed E-state index contributed by atoms with van der Waals surface area (Å²) in [4.78, 5) is 28.1. The minimum absolute atomic E-state index is 0.160. The summed E-state index contributed by atoms with van der Waals surface area (Å²) in [7, 11) is 2.15. The fraction of sp³-hybridized carbons (Fsp3) is 0.714. The minimum atomic E-state index is -0.228. The van der Waals surface area contributed by atoms with E-state index in [1.54, 1.807) is 6.92 Å². The van der Waals surface area contributed by atoms with Crippen LogP contribution < -0.4 is 14.7 Å². The Morgan fingerprint density at radius 3 is 2.55 bits per heavy atom. The molecule has 1 aromatic heterocycles. The van der Waals surface area contributed by atoms with Gasteiger partial charge in [-0.25, -0.2) is 4.98 Å². The Kier molecular flexibility index (Phi) is 4.40. The van der Waals surface area contributed by atoms with Crippen LogP contribution in [-0.4, -0.2) is 98.0 Å². The van der Waals surface area contributed by atoms with Crippen molar-refractivity contribution in [1.29, 1.82) is 0 Å². The molecule has 4 aliphatic rings. The number of carbonyl (C=O) groups is 1. The van der Waals surface area contributed by atoms with Gasteiger partial charge in [-0.3, -0.25) is 9.69 Å². The maximum Gasteiger partial charge on any atom is 0.219 e. The van der Waals surface area contributed by atoms with Gasteiger partial charge in [0.2, 0.25) is 5.91 Å². The zero-order chi connectivity index (χ0) is 20.3. The maximum absolute atomic E-state index is 11.6. The van der Waals surface area contributed by atoms with Crippen molar-refractivity contribution in [3.63, 3.8) is 0 Å². The number of nitrogens with zero attached hydrogens (tertiary/aromatic N) is 6. The van der Waals surface area contributed by atoms with Crippen LogP contribution in [0.2, 0.25) is 0 Å². The van der Waals surface area contributed by atoms with E-state index in [4.69, 9.17) is 9.72 Å². The van der Waals surface area contributed by atoms with Crippen molar-refractivity contribution in [2.75, 3.05) is 74.2 Å². The van der Waals surface area contributed by atoms with E-state index in [2.05, 4.69) is 46.6 Å². The summed E-state index contributed by atoms with van der Waals surface area (Å²) < 4.78 is 6.10. The molecule has 1 amide bonds. The Morgan fingerprint density at radius 1 is 1.21 bits per heavy atom.